The molecule has 106 valence electrons. The largest absolute Gasteiger partial charge is 0.340 e. The standard InChI is InChI=1S/C15H10ClF2N3/c1-14(17,18)15(8-19)10-3-2-6-20-13(10)21-12-5-4-9(16)7-11(12)15/h2-7H,1H3,(H,20,21). The molecule has 3 nitrogen and oxygen atoms in total. The van der Waals surface area contributed by atoms with Gasteiger partial charge in [0.25, 0.3) is 5.92 Å². The minimum Gasteiger partial charge on any atom is -0.340 e. The topological polar surface area (TPSA) is 48.7 Å². The smallest absolute Gasteiger partial charge is 0.272 e. The van der Waals surface area contributed by atoms with Crippen LogP contribution in [0, 0.1) is 11.3 Å². The first-order valence-electron chi connectivity index (χ1n) is 6.22. The van der Waals surface area contributed by atoms with E-state index in [0.29, 0.717) is 10.7 Å². The molecule has 1 aliphatic rings. The van der Waals surface area contributed by atoms with Gasteiger partial charge in [0, 0.05) is 35.0 Å². The Kier molecular flexibility index (Phi) is 2.89. The minimum absolute atomic E-state index is 0.148. The molecule has 3 rings (SSSR count). The Morgan fingerprint density at radius 1 is 1.33 bits per heavy atom. The molecule has 1 atom stereocenters. The SMILES string of the molecule is CC(F)(F)C1(C#N)c2cc(Cl)ccc2Nc2ncccc21. The van der Waals surface area contributed by atoms with Gasteiger partial charge >= 0.3 is 0 Å². The molecule has 1 aromatic heterocycles. The highest BCUT2D eigenvalue weighted by atomic mass is 35.5. The predicted octanol–water partition coefficient (Wildman–Crippen LogP) is 4.26. The molecule has 2 heterocycles. The number of benzene rings is 1. The van der Waals surface area contributed by atoms with Crippen LogP contribution >= 0.6 is 11.6 Å². The molecule has 21 heavy (non-hydrogen) atoms. The van der Waals surface area contributed by atoms with Crippen LogP contribution in [0.2, 0.25) is 5.02 Å². The fraction of sp³-hybridized carbons (Fsp3) is 0.200. The summed E-state index contributed by atoms with van der Waals surface area (Å²) in [6.07, 6.45) is 1.49. The number of pyridine rings is 1. The highest BCUT2D eigenvalue weighted by Crippen LogP contribution is 2.52. The molecule has 0 radical (unpaired) electrons. The van der Waals surface area contributed by atoms with Gasteiger partial charge in [-0.1, -0.05) is 17.7 Å². The highest BCUT2D eigenvalue weighted by Gasteiger charge is 2.57. The molecule has 6 heteroatoms. The summed E-state index contributed by atoms with van der Waals surface area (Å²) in [5, 5.41) is 12.9. The maximum Gasteiger partial charge on any atom is 0.272 e. The number of hydrogen-bond acceptors (Lipinski definition) is 3. The fourth-order valence-corrected chi connectivity index (χ4v) is 2.88. The summed E-state index contributed by atoms with van der Waals surface area (Å²) in [6, 6.07) is 9.39. The Bertz CT molecular complexity index is 764. The van der Waals surface area contributed by atoms with Gasteiger partial charge in [0.05, 0.1) is 6.07 Å². The van der Waals surface area contributed by atoms with Crippen LogP contribution in [0.25, 0.3) is 0 Å². The van der Waals surface area contributed by atoms with Crippen LogP contribution in [0.5, 0.6) is 0 Å². The second-order valence-electron chi connectivity index (χ2n) is 4.96. The van der Waals surface area contributed by atoms with E-state index in [0.717, 1.165) is 6.92 Å². The number of aromatic nitrogens is 1. The summed E-state index contributed by atoms with van der Waals surface area (Å²) in [5.74, 6) is -3.04. The Balaban J connectivity index is 2.43. The number of nitrogens with zero attached hydrogens (tertiary/aromatic N) is 2. The minimum atomic E-state index is -3.30. The van der Waals surface area contributed by atoms with Crippen LogP contribution in [0.4, 0.5) is 20.3 Å². The first-order valence-corrected chi connectivity index (χ1v) is 6.59. The van der Waals surface area contributed by atoms with Gasteiger partial charge < -0.3 is 5.32 Å². The lowest BCUT2D eigenvalue weighted by atomic mass is 9.69. The molecular weight excluding hydrogens is 296 g/mol. The van der Waals surface area contributed by atoms with Crippen molar-refractivity contribution in [1.29, 1.82) is 5.26 Å². The Morgan fingerprint density at radius 2 is 2.10 bits per heavy atom. The molecule has 1 unspecified atom stereocenters. The third-order valence-corrected chi connectivity index (χ3v) is 3.91. The molecule has 1 aliphatic heterocycles. The summed E-state index contributed by atoms with van der Waals surface area (Å²) in [7, 11) is 0. The summed E-state index contributed by atoms with van der Waals surface area (Å²) < 4.78 is 28.9. The first kappa shape index (κ1) is 13.8. The van der Waals surface area contributed by atoms with Crippen molar-refractivity contribution in [1.82, 2.24) is 4.98 Å². The van der Waals surface area contributed by atoms with Crippen molar-refractivity contribution in [2.75, 3.05) is 5.32 Å². The van der Waals surface area contributed by atoms with Crippen molar-refractivity contribution < 1.29 is 8.78 Å². The number of alkyl halides is 2. The van der Waals surface area contributed by atoms with Crippen molar-refractivity contribution in [2.24, 2.45) is 0 Å². The molecule has 0 saturated carbocycles. The molecular formula is C15H10ClF2N3. The summed E-state index contributed by atoms with van der Waals surface area (Å²) >= 11 is 5.94. The summed E-state index contributed by atoms with van der Waals surface area (Å²) in [4.78, 5) is 4.07. The average Bonchev–Trinajstić information content (AvgIpc) is 2.43. The number of hydrogen-bond donors (Lipinski definition) is 1. The molecule has 1 aromatic carbocycles. The van der Waals surface area contributed by atoms with E-state index in [4.69, 9.17) is 11.6 Å². The zero-order valence-electron chi connectivity index (χ0n) is 11.0. The van der Waals surface area contributed by atoms with E-state index < -0.39 is 11.3 Å². The summed E-state index contributed by atoms with van der Waals surface area (Å²) in [5.41, 5.74) is -1.41. The van der Waals surface area contributed by atoms with E-state index in [1.54, 1.807) is 12.1 Å². The van der Waals surface area contributed by atoms with E-state index in [9.17, 15) is 14.0 Å². The van der Waals surface area contributed by atoms with Gasteiger partial charge in [-0.15, -0.1) is 0 Å². The highest BCUT2D eigenvalue weighted by molar-refractivity contribution is 6.30. The predicted molar refractivity (Wildman–Crippen MR) is 76.0 cm³/mol. The van der Waals surface area contributed by atoms with E-state index in [1.807, 2.05) is 6.07 Å². The second-order valence-corrected chi connectivity index (χ2v) is 5.40. The third kappa shape index (κ3) is 1.79. The first-order chi connectivity index (χ1) is 9.90. The number of anilines is 2. The lowest BCUT2D eigenvalue weighted by Gasteiger charge is -2.38. The van der Waals surface area contributed by atoms with Gasteiger partial charge in [0.2, 0.25) is 0 Å². The monoisotopic (exact) mass is 305 g/mol. The number of halogens is 3. The van der Waals surface area contributed by atoms with E-state index in [2.05, 4.69) is 10.3 Å². The fourth-order valence-electron chi connectivity index (χ4n) is 2.71. The normalized spacial score (nSPS) is 20.0. The Labute approximate surface area is 125 Å². The molecule has 1 N–H and O–H groups in total. The van der Waals surface area contributed by atoms with Gasteiger partial charge in [-0.05, 0) is 24.3 Å². The molecule has 0 spiro atoms. The second kappa shape index (κ2) is 4.40. The third-order valence-electron chi connectivity index (χ3n) is 3.68. The number of rotatable bonds is 1. The lowest BCUT2D eigenvalue weighted by Crippen LogP contribution is -2.45. The van der Waals surface area contributed by atoms with E-state index >= 15 is 0 Å². The van der Waals surface area contributed by atoms with Crippen molar-refractivity contribution in [3.05, 3.63) is 52.7 Å². The van der Waals surface area contributed by atoms with Crippen LogP contribution < -0.4 is 5.32 Å². The zero-order chi connectivity index (χ0) is 15.3. The maximum absolute atomic E-state index is 14.4. The maximum atomic E-state index is 14.4. The number of fused-ring (bicyclic) bond motifs is 2. The van der Waals surface area contributed by atoms with Crippen molar-refractivity contribution in [3.63, 3.8) is 0 Å². The van der Waals surface area contributed by atoms with Crippen molar-refractivity contribution in [2.45, 2.75) is 18.3 Å². The van der Waals surface area contributed by atoms with E-state index in [-0.39, 0.29) is 16.9 Å². The molecule has 0 aliphatic carbocycles. The molecule has 0 fully saturated rings. The Hall–Kier alpha value is -2.19. The zero-order valence-corrected chi connectivity index (χ0v) is 11.7. The number of nitriles is 1. The lowest BCUT2D eigenvalue weighted by molar-refractivity contribution is -0.0224. The van der Waals surface area contributed by atoms with Crippen LogP contribution in [-0.4, -0.2) is 10.9 Å². The summed E-state index contributed by atoms with van der Waals surface area (Å²) in [6.45, 7) is 0.739. The van der Waals surface area contributed by atoms with Gasteiger partial charge in [0.15, 0.2) is 5.41 Å². The Morgan fingerprint density at radius 3 is 2.76 bits per heavy atom. The van der Waals surface area contributed by atoms with Crippen molar-refractivity contribution in [3.8, 4) is 6.07 Å². The molecule has 0 amide bonds. The molecule has 2 aromatic rings. The molecule has 0 bridgehead atoms. The quantitative estimate of drug-likeness (QED) is 0.856. The van der Waals surface area contributed by atoms with Crippen LogP contribution in [0.15, 0.2) is 36.5 Å². The van der Waals surface area contributed by atoms with Gasteiger partial charge in [0.1, 0.15) is 5.82 Å². The number of nitrogens with one attached hydrogen (secondary N) is 1. The van der Waals surface area contributed by atoms with E-state index in [1.165, 1.54) is 24.4 Å². The molecule has 0 saturated heterocycles. The van der Waals surface area contributed by atoms with Crippen molar-refractivity contribution >= 4 is 23.1 Å². The van der Waals surface area contributed by atoms with Crippen LogP contribution in [-0.2, 0) is 5.41 Å². The van der Waals surface area contributed by atoms with Gasteiger partial charge in [-0.25, -0.2) is 13.8 Å². The van der Waals surface area contributed by atoms with Crippen LogP contribution in [0.3, 0.4) is 0 Å². The average molecular weight is 306 g/mol. The van der Waals surface area contributed by atoms with Crippen LogP contribution in [0.1, 0.15) is 18.1 Å². The van der Waals surface area contributed by atoms with Gasteiger partial charge in [-0.2, -0.15) is 5.26 Å². The van der Waals surface area contributed by atoms with Gasteiger partial charge in [-0.3, -0.25) is 0 Å².